The molecular formula is C14H21N3O2. The Bertz CT molecular complexity index is 440. The molecule has 0 bridgehead atoms. The second-order valence-electron chi connectivity index (χ2n) is 5.45. The van der Waals surface area contributed by atoms with Crippen LogP contribution in [0.15, 0.2) is 12.1 Å². The highest BCUT2D eigenvalue weighted by Gasteiger charge is 2.27. The van der Waals surface area contributed by atoms with Crippen LogP contribution in [0.4, 0.5) is 11.6 Å². The summed E-state index contributed by atoms with van der Waals surface area (Å²) in [5.74, 6) is 1.93. The summed E-state index contributed by atoms with van der Waals surface area (Å²) in [7, 11) is 0. The lowest BCUT2D eigenvalue weighted by Crippen LogP contribution is -2.39. The average molecular weight is 263 g/mol. The van der Waals surface area contributed by atoms with Gasteiger partial charge < -0.3 is 20.1 Å². The number of pyridine rings is 1. The number of aliphatic hydroxyl groups is 1. The van der Waals surface area contributed by atoms with Gasteiger partial charge in [0.2, 0.25) is 0 Å². The normalized spacial score (nSPS) is 26.9. The molecule has 19 heavy (non-hydrogen) atoms. The number of aromatic nitrogens is 1. The minimum absolute atomic E-state index is 0.138. The van der Waals surface area contributed by atoms with E-state index in [2.05, 4.69) is 34.3 Å². The summed E-state index contributed by atoms with van der Waals surface area (Å²) in [6.45, 7) is 5.43. The highest BCUT2D eigenvalue weighted by molar-refractivity contribution is 5.51. The van der Waals surface area contributed by atoms with Crippen LogP contribution in [0.1, 0.15) is 18.4 Å². The van der Waals surface area contributed by atoms with Crippen LogP contribution >= 0.6 is 0 Å². The summed E-state index contributed by atoms with van der Waals surface area (Å²) in [5.41, 5.74) is 1.21. The maximum atomic E-state index is 9.33. The number of nitrogens with zero attached hydrogens (tertiary/aromatic N) is 2. The van der Waals surface area contributed by atoms with Gasteiger partial charge in [0.1, 0.15) is 11.6 Å². The van der Waals surface area contributed by atoms with E-state index < -0.39 is 0 Å². The topological polar surface area (TPSA) is 57.6 Å². The molecule has 104 valence electrons. The van der Waals surface area contributed by atoms with Crippen LogP contribution in [0.25, 0.3) is 0 Å². The maximum Gasteiger partial charge on any atom is 0.131 e. The molecule has 1 aromatic heterocycles. The van der Waals surface area contributed by atoms with E-state index in [4.69, 9.17) is 4.74 Å². The third kappa shape index (κ3) is 2.98. The summed E-state index contributed by atoms with van der Waals surface area (Å²) in [6, 6.07) is 4.54. The molecule has 2 heterocycles. The van der Waals surface area contributed by atoms with Gasteiger partial charge in [-0.05, 0) is 37.5 Å². The number of aliphatic hydroxyl groups excluding tert-OH is 1. The Balaban J connectivity index is 1.71. The van der Waals surface area contributed by atoms with Gasteiger partial charge in [-0.25, -0.2) is 4.98 Å². The van der Waals surface area contributed by atoms with Crippen molar-refractivity contribution in [2.75, 3.05) is 36.5 Å². The Kier molecular flexibility index (Phi) is 3.57. The fourth-order valence-corrected chi connectivity index (χ4v) is 2.59. The minimum Gasteiger partial charge on any atom is -0.393 e. The maximum absolute atomic E-state index is 9.33. The molecule has 0 amide bonds. The van der Waals surface area contributed by atoms with Crippen molar-refractivity contribution in [2.24, 2.45) is 0 Å². The van der Waals surface area contributed by atoms with Crippen LogP contribution in [0.5, 0.6) is 0 Å². The summed E-state index contributed by atoms with van der Waals surface area (Å²) >= 11 is 0. The van der Waals surface area contributed by atoms with Gasteiger partial charge in [0.15, 0.2) is 0 Å². The molecule has 1 aromatic rings. The standard InChI is InChI=1S/C14H21N3O2/c1-10-6-13(15-11-8-12(18)9-11)16-14(7-10)17-2-4-19-5-3-17/h6-7,11-12,18H,2-5,8-9H2,1H3,(H,15,16)/t11-,12+. The second-order valence-corrected chi connectivity index (χ2v) is 5.45. The molecule has 1 saturated heterocycles. The van der Waals surface area contributed by atoms with Crippen molar-refractivity contribution in [2.45, 2.75) is 31.9 Å². The zero-order valence-electron chi connectivity index (χ0n) is 11.3. The number of nitrogens with one attached hydrogen (secondary N) is 1. The molecule has 3 rings (SSSR count). The molecule has 0 unspecified atom stereocenters. The molecule has 1 aliphatic carbocycles. The monoisotopic (exact) mass is 263 g/mol. The molecule has 2 N–H and O–H groups in total. The first kappa shape index (κ1) is 12.7. The molecule has 1 saturated carbocycles. The van der Waals surface area contributed by atoms with Crippen LogP contribution in [0.3, 0.4) is 0 Å². The Morgan fingerprint density at radius 1 is 1.32 bits per heavy atom. The van der Waals surface area contributed by atoms with E-state index in [0.717, 1.165) is 50.8 Å². The number of hydrogen-bond donors (Lipinski definition) is 2. The third-order valence-electron chi connectivity index (χ3n) is 3.76. The first-order valence-corrected chi connectivity index (χ1v) is 6.97. The van der Waals surface area contributed by atoms with Crippen molar-refractivity contribution >= 4 is 11.6 Å². The number of aryl methyl sites for hydroxylation is 1. The van der Waals surface area contributed by atoms with E-state index in [-0.39, 0.29) is 6.10 Å². The largest absolute Gasteiger partial charge is 0.393 e. The summed E-state index contributed by atoms with van der Waals surface area (Å²) in [5, 5.41) is 12.7. The zero-order chi connectivity index (χ0) is 13.2. The second kappa shape index (κ2) is 5.35. The Morgan fingerprint density at radius 2 is 2.05 bits per heavy atom. The molecule has 0 spiro atoms. The molecule has 5 nitrogen and oxygen atoms in total. The van der Waals surface area contributed by atoms with E-state index >= 15 is 0 Å². The van der Waals surface area contributed by atoms with Crippen molar-refractivity contribution in [3.63, 3.8) is 0 Å². The molecular weight excluding hydrogens is 242 g/mol. The van der Waals surface area contributed by atoms with Crippen LogP contribution in [0.2, 0.25) is 0 Å². The van der Waals surface area contributed by atoms with Gasteiger partial charge in [-0.1, -0.05) is 0 Å². The minimum atomic E-state index is -0.138. The van der Waals surface area contributed by atoms with E-state index in [1.54, 1.807) is 0 Å². The van der Waals surface area contributed by atoms with Gasteiger partial charge in [0.05, 0.1) is 19.3 Å². The summed E-state index contributed by atoms with van der Waals surface area (Å²) in [6.07, 6.45) is 1.51. The first-order chi connectivity index (χ1) is 9.20. The molecule has 0 aromatic carbocycles. The molecule has 2 fully saturated rings. The van der Waals surface area contributed by atoms with E-state index in [0.29, 0.717) is 6.04 Å². The smallest absolute Gasteiger partial charge is 0.131 e. The lowest BCUT2D eigenvalue weighted by molar-refractivity contribution is 0.0835. The lowest BCUT2D eigenvalue weighted by atomic mass is 9.89. The summed E-state index contributed by atoms with van der Waals surface area (Å²) in [4.78, 5) is 6.94. The van der Waals surface area contributed by atoms with E-state index in [1.807, 2.05) is 0 Å². The van der Waals surface area contributed by atoms with Crippen molar-refractivity contribution in [3.8, 4) is 0 Å². The van der Waals surface area contributed by atoms with Crippen LogP contribution < -0.4 is 10.2 Å². The molecule has 0 atom stereocenters. The number of morpholine rings is 1. The lowest BCUT2D eigenvalue weighted by Gasteiger charge is -2.33. The van der Waals surface area contributed by atoms with Gasteiger partial charge in [-0.15, -0.1) is 0 Å². The zero-order valence-corrected chi connectivity index (χ0v) is 11.3. The Labute approximate surface area is 113 Å². The SMILES string of the molecule is Cc1cc(N[C@H]2C[C@@H](O)C2)nc(N2CCOCC2)c1. The average Bonchev–Trinajstić information content (AvgIpc) is 2.37. The number of anilines is 2. The third-order valence-corrected chi connectivity index (χ3v) is 3.76. The van der Waals surface area contributed by atoms with Gasteiger partial charge in [-0.3, -0.25) is 0 Å². The van der Waals surface area contributed by atoms with Crippen LogP contribution in [-0.2, 0) is 4.74 Å². The van der Waals surface area contributed by atoms with Crippen molar-refractivity contribution in [1.29, 1.82) is 0 Å². The molecule has 2 aliphatic rings. The van der Waals surface area contributed by atoms with Crippen LogP contribution in [-0.4, -0.2) is 48.5 Å². The predicted molar refractivity (Wildman–Crippen MR) is 74.7 cm³/mol. The summed E-state index contributed by atoms with van der Waals surface area (Å²) < 4.78 is 5.37. The molecule has 0 radical (unpaired) electrons. The van der Waals surface area contributed by atoms with Crippen LogP contribution in [0, 0.1) is 6.92 Å². The van der Waals surface area contributed by atoms with E-state index in [1.165, 1.54) is 5.56 Å². The Hall–Kier alpha value is -1.33. The first-order valence-electron chi connectivity index (χ1n) is 6.97. The highest BCUT2D eigenvalue weighted by Crippen LogP contribution is 2.25. The van der Waals surface area contributed by atoms with E-state index in [9.17, 15) is 5.11 Å². The Morgan fingerprint density at radius 3 is 2.74 bits per heavy atom. The number of ether oxygens (including phenoxy) is 1. The highest BCUT2D eigenvalue weighted by atomic mass is 16.5. The molecule has 5 heteroatoms. The van der Waals surface area contributed by atoms with Gasteiger partial charge in [0.25, 0.3) is 0 Å². The predicted octanol–water partition coefficient (Wildman–Crippen LogP) is 1.16. The quantitative estimate of drug-likeness (QED) is 0.857. The fourth-order valence-electron chi connectivity index (χ4n) is 2.59. The number of hydrogen-bond acceptors (Lipinski definition) is 5. The van der Waals surface area contributed by atoms with Gasteiger partial charge in [0, 0.05) is 19.1 Å². The van der Waals surface area contributed by atoms with Gasteiger partial charge >= 0.3 is 0 Å². The van der Waals surface area contributed by atoms with Crippen molar-refractivity contribution in [1.82, 2.24) is 4.98 Å². The fraction of sp³-hybridized carbons (Fsp3) is 0.643. The number of rotatable bonds is 3. The van der Waals surface area contributed by atoms with Crippen molar-refractivity contribution < 1.29 is 9.84 Å². The van der Waals surface area contributed by atoms with Crippen molar-refractivity contribution in [3.05, 3.63) is 17.7 Å². The van der Waals surface area contributed by atoms with Gasteiger partial charge in [-0.2, -0.15) is 0 Å². The molecule has 1 aliphatic heterocycles.